The Bertz CT molecular complexity index is 225. The van der Waals surface area contributed by atoms with Crippen LogP contribution in [0.5, 0.6) is 0 Å². The summed E-state index contributed by atoms with van der Waals surface area (Å²) in [6.45, 7) is 3.27. The molecule has 0 fully saturated rings. The lowest BCUT2D eigenvalue weighted by molar-refractivity contribution is 0.106. The van der Waals surface area contributed by atoms with Crippen LogP contribution in [-0.4, -0.2) is 11.6 Å². The number of oxazole rings is 1. The number of hydrogen-bond acceptors (Lipinski definition) is 3. The van der Waals surface area contributed by atoms with Crippen molar-refractivity contribution < 1.29 is 9.15 Å². The van der Waals surface area contributed by atoms with E-state index >= 15 is 0 Å². The Morgan fingerprint density at radius 2 is 2.50 bits per heavy atom. The standard InChI is InChI=1S/C8H12ClNO2/c1-2-3-11-5-8-7(4-9)10-6-12-8/h6H,2-5H2,1H3. The van der Waals surface area contributed by atoms with E-state index in [2.05, 4.69) is 11.9 Å². The van der Waals surface area contributed by atoms with Gasteiger partial charge in [0.05, 0.1) is 11.6 Å². The molecule has 0 atom stereocenters. The number of alkyl halides is 1. The highest BCUT2D eigenvalue weighted by atomic mass is 35.5. The molecule has 0 unspecified atom stereocenters. The molecule has 0 aliphatic carbocycles. The summed E-state index contributed by atoms with van der Waals surface area (Å²) in [7, 11) is 0. The van der Waals surface area contributed by atoms with E-state index in [1.54, 1.807) is 0 Å². The molecular weight excluding hydrogens is 178 g/mol. The highest BCUT2D eigenvalue weighted by Gasteiger charge is 2.05. The van der Waals surface area contributed by atoms with E-state index in [0.717, 1.165) is 24.5 Å². The normalized spacial score (nSPS) is 10.5. The Morgan fingerprint density at radius 1 is 1.67 bits per heavy atom. The molecule has 0 saturated heterocycles. The summed E-state index contributed by atoms with van der Waals surface area (Å²) in [5.41, 5.74) is 0.771. The van der Waals surface area contributed by atoms with Gasteiger partial charge in [0.25, 0.3) is 0 Å². The van der Waals surface area contributed by atoms with Gasteiger partial charge in [-0.05, 0) is 6.42 Å². The Kier molecular flexibility index (Phi) is 4.11. The molecular formula is C8H12ClNO2. The van der Waals surface area contributed by atoms with Crippen LogP contribution in [0.3, 0.4) is 0 Å². The predicted molar refractivity (Wildman–Crippen MR) is 46.0 cm³/mol. The third kappa shape index (κ3) is 2.50. The van der Waals surface area contributed by atoms with Crippen LogP contribution in [0.2, 0.25) is 0 Å². The van der Waals surface area contributed by atoms with E-state index in [1.165, 1.54) is 6.39 Å². The zero-order valence-corrected chi connectivity index (χ0v) is 7.80. The van der Waals surface area contributed by atoms with Crippen LogP contribution in [0.25, 0.3) is 0 Å². The van der Waals surface area contributed by atoms with Crippen molar-refractivity contribution in [3.63, 3.8) is 0 Å². The third-order valence-corrected chi connectivity index (χ3v) is 1.69. The van der Waals surface area contributed by atoms with Crippen molar-refractivity contribution in [3.05, 3.63) is 17.8 Å². The van der Waals surface area contributed by atoms with Gasteiger partial charge in [-0.1, -0.05) is 6.92 Å². The van der Waals surface area contributed by atoms with Crippen molar-refractivity contribution in [1.29, 1.82) is 0 Å². The number of halogens is 1. The van der Waals surface area contributed by atoms with Gasteiger partial charge in [-0.3, -0.25) is 0 Å². The largest absolute Gasteiger partial charge is 0.446 e. The fourth-order valence-corrected chi connectivity index (χ4v) is 1.05. The minimum atomic E-state index is 0.376. The second-order valence-electron chi connectivity index (χ2n) is 2.41. The highest BCUT2D eigenvalue weighted by molar-refractivity contribution is 6.16. The topological polar surface area (TPSA) is 35.3 Å². The fourth-order valence-electron chi connectivity index (χ4n) is 0.829. The maximum absolute atomic E-state index is 5.61. The molecule has 4 heteroatoms. The van der Waals surface area contributed by atoms with Crippen molar-refractivity contribution >= 4 is 11.6 Å². The average Bonchev–Trinajstić information content (AvgIpc) is 2.52. The molecule has 1 heterocycles. The molecule has 1 aromatic heterocycles. The Hall–Kier alpha value is -0.540. The van der Waals surface area contributed by atoms with E-state index in [-0.39, 0.29) is 0 Å². The average molecular weight is 190 g/mol. The summed E-state index contributed by atoms with van der Waals surface area (Å²) in [6.07, 6.45) is 2.40. The summed E-state index contributed by atoms with van der Waals surface area (Å²) in [5, 5.41) is 0. The van der Waals surface area contributed by atoms with Gasteiger partial charge in [0.1, 0.15) is 6.61 Å². The van der Waals surface area contributed by atoms with E-state index in [4.69, 9.17) is 20.8 Å². The monoisotopic (exact) mass is 189 g/mol. The second kappa shape index (κ2) is 5.17. The Balaban J connectivity index is 2.39. The fraction of sp³-hybridized carbons (Fsp3) is 0.625. The van der Waals surface area contributed by atoms with Gasteiger partial charge < -0.3 is 9.15 Å². The number of ether oxygens (including phenoxy) is 1. The smallest absolute Gasteiger partial charge is 0.181 e. The van der Waals surface area contributed by atoms with E-state index < -0.39 is 0 Å². The molecule has 0 spiro atoms. The van der Waals surface area contributed by atoms with E-state index in [9.17, 15) is 0 Å². The van der Waals surface area contributed by atoms with Gasteiger partial charge in [0.15, 0.2) is 12.2 Å². The molecule has 0 amide bonds. The molecule has 0 aliphatic heterocycles. The third-order valence-electron chi connectivity index (χ3n) is 1.43. The van der Waals surface area contributed by atoms with Gasteiger partial charge in [-0.25, -0.2) is 4.98 Å². The lowest BCUT2D eigenvalue weighted by atomic mass is 10.4. The SMILES string of the molecule is CCCOCc1ocnc1CCl. The number of nitrogens with zero attached hydrogens (tertiary/aromatic N) is 1. The molecule has 0 bridgehead atoms. The molecule has 0 N–H and O–H groups in total. The Labute approximate surface area is 76.7 Å². The van der Waals surface area contributed by atoms with E-state index in [0.29, 0.717) is 12.5 Å². The van der Waals surface area contributed by atoms with Crippen molar-refractivity contribution in [2.24, 2.45) is 0 Å². The minimum Gasteiger partial charge on any atom is -0.446 e. The highest BCUT2D eigenvalue weighted by Crippen LogP contribution is 2.10. The summed E-state index contributed by atoms with van der Waals surface area (Å²) >= 11 is 5.61. The van der Waals surface area contributed by atoms with Gasteiger partial charge in [-0.2, -0.15) is 0 Å². The van der Waals surface area contributed by atoms with Crippen LogP contribution in [0.1, 0.15) is 24.8 Å². The molecule has 3 nitrogen and oxygen atoms in total. The lowest BCUT2D eigenvalue weighted by Gasteiger charge is -1.99. The van der Waals surface area contributed by atoms with Gasteiger partial charge in [-0.15, -0.1) is 11.6 Å². The van der Waals surface area contributed by atoms with Crippen LogP contribution in [0.4, 0.5) is 0 Å². The zero-order chi connectivity index (χ0) is 8.81. The van der Waals surface area contributed by atoms with Crippen LogP contribution in [0, 0.1) is 0 Å². The molecule has 1 aromatic rings. The number of aromatic nitrogens is 1. The summed E-state index contributed by atoms with van der Waals surface area (Å²) in [6, 6.07) is 0. The summed E-state index contributed by atoms with van der Waals surface area (Å²) < 4.78 is 10.4. The molecule has 1 rings (SSSR count). The first-order valence-electron chi connectivity index (χ1n) is 3.93. The first kappa shape index (κ1) is 9.55. The van der Waals surface area contributed by atoms with Crippen molar-refractivity contribution in [1.82, 2.24) is 4.98 Å². The van der Waals surface area contributed by atoms with Gasteiger partial charge >= 0.3 is 0 Å². The van der Waals surface area contributed by atoms with Crippen LogP contribution >= 0.6 is 11.6 Å². The Morgan fingerprint density at radius 3 is 3.17 bits per heavy atom. The molecule has 12 heavy (non-hydrogen) atoms. The van der Waals surface area contributed by atoms with Crippen molar-refractivity contribution in [2.75, 3.05) is 6.61 Å². The molecule has 0 saturated carbocycles. The minimum absolute atomic E-state index is 0.376. The van der Waals surface area contributed by atoms with Crippen LogP contribution in [0.15, 0.2) is 10.8 Å². The first-order chi connectivity index (χ1) is 5.88. The van der Waals surface area contributed by atoms with Gasteiger partial charge in [0.2, 0.25) is 0 Å². The van der Waals surface area contributed by atoms with Crippen LogP contribution < -0.4 is 0 Å². The molecule has 0 radical (unpaired) electrons. The number of rotatable bonds is 5. The van der Waals surface area contributed by atoms with Crippen molar-refractivity contribution in [3.8, 4) is 0 Å². The first-order valence-corrected chi connectivity index (χ1v) is 4.46. The second-order valence-corrected chi connectivity index (χ2v) is 2.68. The van der Waals surface area contributed by atoms with Crippen molar-refractivity contribution in [2.45, 2.75) is 25.8 Å². The zero-order valence-electron chi connectivity index (χ0n) is 7.05. The number of hydrogen-bond donors (Lipinski definition) is 0. The summed E-state index contributed by atoms with van der Waals surface area (Å²) in [4.78, 5) is 3.93. The lowest BCUT2D eigenvalue weighted by Crippen LogP contribution is -1.95. The maximum Gasteiger partial charge on any atom is 0.181 e. The quantitative estimate of drug-likeness (QED) is 0.527. The predicted octanol–water partition coefficient (Wildman–Crippen LogP) is 2.34. The maximum atomic E-state index is 5.61. The van der Waals surface area contributed by atoms with E-state index in [1.807, 2.05) is 0 Å². The summed E-state index contributed by atoms with van der Waals surface area (Å²) in [5.74, 6) is 1.11. The molecule has 68 valence electrons. The molecule has 0 aromatic carbocycles. The van der Waals surface area contributed by atoms with Crippen LogP contribution in [-0.2, 0) is 17.2 Å². The molecule has 0 aliphatic rings. The van der Waals surface area contributed by atoms with Gasteiger partial charge in [0, 0.05) is 6.61 Å².